The van der Waals surface area contributed by atoms with E-state index < -0.39 is 5.60 Å². The van der Waals surface area contributed by atoms with Crippen LogP contribution in [0.3, 0.4) is 0 Å². The lowest BCUT2D eigenvalue weighted by Gasteiger charge is -2.34. The van der Waals surface area contributed by atoms with Gasteiger partial charge in [0.15, 0.2) is 5.82 Å². The molecule has 7 nitrogen and oxygen atoms in total. The fraction of sp³-hybridized carbons (Fsp3) is 0.500. The Balaban J connectivity index is 1.76. The molecule has 3 heterocycles. The summed E-state index contributed by atoms with van der Waals surface area (Å²) in [5.41, 5.74) is 8.38. The Morgan fingerprint density at radius 1 is 1.33 bits per heavy atom. The van der Waals surface area contributed by atoms with Crippen LogP contribution in [0.1, 0.15) is 52.3 Å². The summed E-state index contributed by atoms with van der Waals surface area (Å²) in [6.07, 6.45) is 1.63. The van der Waals surface area contributed by atoms with Gasteiger partial charge in [-0.1, -0.05) is 15.9 Å². The average Bonchev–Trinajstić information content (AvgIpc) is 3.07. The molecule has 1 aliphatic rings. The SMILES string of the molecule is CCn1c([C@H]2CCCN(C(=O)OC(C)(C)C)C2)nc2c(N)nc3cc(Br)ccc3c21. The number of aryl methyl sites for hydroxylation is 1. The molecule has 0 unspecified atom stereocenters. The van der Waals surface area contributed by atoms with Crippen molar-refractivity contribution in [3.05, 3.63) is 28.5 Å². The molecule has 1 aromatic carbocycles. The summed E-state index contributed by atoms with van der Waals surface area (Å²) in [4.78, 5) is 23.9. The highest BCUT2D eigenvalue weighted by atomic mass is 79.9. The number of piperidine rings is 1. The molecule has 3 aromatic rings. The lowest BCUT2D eigenvalue weighted by atomic mass is 9.97. The number of halogens is 1. The second kappa shape index (κ2) is 7.72. The molecule has 0 bridgehead atoms. The number of amides is 1. The van der Waals surface area contributed by atoms with Gasteiger partial charge in [-0.25, -0.2) is 14.8 Å². The quantitative estimate of drug-likeness (QED) is 0.561. The van der Waals surface area contributed by atoms with E-state index in [0.29, 0.717) is 18.9 Å². The summed E-state index contributed by atoms with van der Waals surface area (Å²) >= 11 is 3.51. The summed E-state index contributed by atoms with van der Waals surface area (Å²) in [6.45, 7) is 9.85. The van der Waals surface area contributed by atoms with Crippen molar-refractivity contribution in [3.63, 3.8) is 0 Å². The number of anilines is 1. The Morgan fingerprint density at radius 2 is 2.10 bits per heavy atom. The number of nitrogens with two attached hydrogens (primary N) is 1. The smallest absolute Gasteiger partial charge is 0.410 e. The number of ether oxygens (including phenoxy) is 1. The maximum absolute atomic E-state index is 12.6. The van der Waals surface area contributed by atoms with Gasteiger partial charge in [-0.3, -0.25) is 0 Å². The molecule has 0 saturated carbocycles. The highest BCUT2D eigenvalue weighted by Crippen LogP contribution is 2.35. The molecule has 1 fully saturated rings. The molecule has 8 heteroatoms. The molecular weight excluding hydrogens is 446 g/mol. The monoisotopic (exact) mass is 473 g/mol. The number of nitrogens with zero attached hydrogens (tertiary/aromatic N) is 4. The van der Waals surface area contributed by atoms with Crippen molar-refractivity contribution >= 4 is 49.8 Å². The number of imidazole rings is 1. The molecule has 1 saturated heterocycles. The minimum absolute atomic E-state index is 0.128. The largest absolute Gasteiger partial charge is 0.444 e. The Bertz CT molecular complexity index is 1120. The summed E-state index contributed by atoms with van der Waals surface area (Å²) in [5, 5.41) is 1.03. The van der Waals surface area contributed by atoms with Gasteiger partial charge >= 0.3 is 6.09 Å². The predicted molar refractivity (Wildman–Crippen MR) is 123 cm³/mol. The maximum Gasteiger partial charge on any atom is 0.410 e. The van der Waals surface area contributed by atoms with Crippen molar-refractivity contribution in [1.29, 1.82) is 0 Å². The van der Waals surface area contributed by atoms with Crippen molar-refractivity contribution in [2.24, 2.45) is 0 Å². The van der Waals surface area contributed by atoms with Gasteiger partial charge in [-0.15, -0.1) is 0 Å². The minimum atomic E-state index is -0.506. The number of carbonyl (C=O) groups excluding carboxylic acids is 1. The first-order valence-corrected chi connectivity index (χ1v) is 11.2. The number of aromatic nitrogens is 3. The van der Waals surface area contributed by atoms with E-state index in [1.54, 1.807) is 4.90 Å². The normalized spacial score (nSPS) is 17.6. The van der Waals surface area contributed by atoms with Crippen LogP contribution in [0.5, 0.6) is 0 Å². The van der Waals surface area contributed by atoms with Crippen LogP contribution in [-0.2, 0) is 11.3 Å². The van der Waals surface area contributed by atoms with Crippen LogP contribution in [0.2, 0.25) is 0 Å². The van der Waals surface area contributed by atoms with E-state index in [4.69, 9.17) is 15.5 Å². The number of nitrogen functional groups attached to an aromatic ring is 1. The van der Waals surface area contributed by atoms with Gasteiger partial charge < -0.3 is 19.9 Å². The van der Waals surface area contributed by atoms with E-state index in [2.05, 4.69) is 38.5 Å². The molecular formula is C22H28BrN5O2. The molecule has 2 N–H and O–H groups in total. The third kappa shape index (κ3) is 3.85. The molecule has 1 aliphatic heterocycles. The van der Waals surface area contributed by atoms with Gasteiger partial charge in [0, 0.05) is 35.4 Å². The van der Waals surface area contributed by atoms with Crippen molar-refractivity contribution in [3.8, 4) is 0 Å². The van der Waals surface area contributed by atoms with Gasteiger partial charge in [-0.05, 0) is 58.7 Å². The van der Waals surface area contributed by atoms with Crippen LogP contribution in [0.25, 0.3) is 21.9 Å². The van der Waals surface area contributed by atoms with Crippen molar-refractivity contribution < 1.29 is 9.53 Å². The average molecular weight is 474 g/mol. The number of pyridine rings is 1. The van der Waals surface area contributed by atoms with E-state index in [1.807, 2.05) is 32.9 Å². The first-order chi connectivity index (χ1) is 14.2. The Morgan fingerprint density at radius 3 is 2.80 bits per heavy atom. The Labute approximate surface area is 184 Å². The third-order valence-corrected chi connectivity index (χ3v) is 5.94. The van der Waals surface area contributed by atoms with Crippen LogP contribution in [-0.4, -0.2) is 44.2 Å². The zero-order valence-electron chi connectivity index (χ0n) is 17.9. The lowest BCUT2D eigenvalue weighted by molar-refractivity contribution is 0.0195. The summed E-state index contributed by atoms with van der Waals surface area (Å²) in [7, 11) is 0. The van der Waals surface area contributed by atoms with Gasteiger partial charge in [0.05, 0.1) is 11.0 Å². The van der Waals surface area contributed by atoms with Gasteiger partial charge in [0.1, 0.15) is 16.9 Å². The fourth-order valence-corrected chi connectivity index (χ4v) is 4.56. The second-order valence-electron chi connectivity index (χ2n) is 8.84. The molecule has 0 radical (unpaired) electrons. The first-order valence-electron chi connectivity index (χ1n) is 10.4. The number of likely N-dealkylation sites (tertiary alicyclic amines) is 1. The number of hydrogen-bond acceptors (Lipinski definition) is 5. The highest BCUT2D eigenvalue weighted by molar-refractivity contribution is 9.10. The number of carbonyl (C=O) groups is 1. The molecule has 0 spiro atoms. The zero-order valence-corrected chi connectivity index (χ0v) is 19.5. The maximum atomic E-state index is 12.6. The topological polar surface area (TPSA) is 86.3 Å². The van der Waals surface area contributed by atoms with E-state index in [9.17, 15) is 4.79 Å². The van der Waals surface area contributed by atoms with Crippen LogP contribution in [0.15, 0.2) is 22.7 Å². The van der Waals surface area contributed by atoms with Gasteiger partial charge in [0.2, 0.25) is 0 Å². The van der Waals surface area contributed by atoms with Crippen molar-refractivity contribution in [2.75, 3.05) is 18.8 Å². The highest BCUT2D eigenvalue weighted by Gasteiger charge is 2.31. The van der Waals surface area contributed by atoms with Crippen LogP contribution < -0.4 is 5.73 Å². The Kier molecular flexibility index (Phi) is 5.38. The number of benzene rings is 1. The molecule has 4 rings (SSSR count). The minimum Gasteiger partial charge on any atom is -0.444 e. The summed E-state index contributed by atoms with van der Waals surface area (Å²) < 4.78 is 8.78. The summed E-state index contributed by atoms with van der Waals surface area (Å²) in [5.74, 6) is 1.53. The van der Waals surface area contributed by atoms with Crippen molar-refractivity contribution in [2.45, 2.75) is 58.6 Å². The van der Waals surface area contributed by atoms with Gasteiger partial charge in [-0.2, -0.15) is 0 Å². The van der Waals surface area contributed by atoms with E-state index in [-0.39, 0.29) is 12.0 Å². The van der Waals surface area contributed by atoms with Crippen LogP contribution >= 0.6 is 15.9 Å². The van der Waals surface area contributed by atoms with Crippen LogP contribution in [0.4, 0.5) is 10.6 Å². The zero-order chi connectivity index (χ0) is 21.6. The lowest BCUT2D eigenvalue weighted by Crippen LogP contribution is -2.42. The van der Waals surface area contributed by atoms with E-state index >= 15 is 0 Å². The number of fused-ring (bicyclic) bond motifs is 3. The fourth-order valence-electron chi connectivity index (χ4n) is 4.21. The number of hydrogen-bond donors (Lipinski definition) is 1. The van der Waals surface area contributed by atoms with E-state index in [0.717, 1.165) is 51.6 Å². The molecule has 30 heavy (non-hydrogen) atoms. The molecule has 1 atom stereocenters. The standard InChI is InChI=1S/C22H28BrN5O2/c1-5-28-18-15-9-8-14(23)11-16(15)25-19(24)17(18)26-20(28)13-7-6-10-27(12-13)21(29)30-22(2,3)4/h8-9,11,13H,5-7,10,12H2,1-4H3,(H2,24,25)/t13-/m0/s1. The van der Waals surface area contributed by atoms with E-state index in [1.165, 1.54) is 0 Å². The molecule has 2 aromatic heterocycles. The third-order valence-electron chi connectivity index (χ3n) is 5.45. The predicted octanol–water partition coefficient (Wildman–Crippen LogP) is 5.06. The van der Waals surface area contributed by atoms with Crippen molar-refractivity contribution in [1.82, 2.24) is 19.4 Å². The first kappa shape index (κ1) is 20.9. The van der Waals surface area contributed by atoms with Gasteiger partial charge in [0.25, 0.3) is 0 Å². The Hall–Kier alpha value is -2.35. The molecule has 0 aliphatic carbocycles. The molecule has 160 valence electrons. The number of rotatable bonds is 2. The summed E-state index contributed by atoms with van der Waals surface area (Å²) in [6, 6.07) is 6.04. The molecule has 1 amide bonds. The second-order valence-corrected chi connectivity index (χ2v) is 9.75. The van der Waals surface area contributed by atoms with Crippen LogP contribution in [0, 0.1) is 0 Å².